The lowest BCUT2D eigenvalue weighted by molar-refractivity contribution is 0.0996. The zero-order valence-electron chi connectivity index (χ0n) is 10.1. The molecule has 3 aromatic rings. The van der Waals surface area contributed by atoms with Crippen molar-refractivity contribution in [2.45, 2.75) is 6.54 Å². The zero-order chi connectivity index (χ0) is 12.8. The molecule has 2 aromatic heterocycles. The molecule has 0 unspecified atom stereocenters. The van der Waals surface area contributed by atoms with E-state index in [0.717, 1.165) is 22.0 Å². The second-order valence-electron chi connectivity index (χ2n) is 4.66. The number of hydrogen-bond acceptors (Lipinski definition) is 2. The van der Waals surface area contributed by atoms with Crippen molar-refractivity contribution in [2.24, 2.45) is 0 Å². The summed E-state index contributed by atoms with van der Waals surface area (Å²) in [5.74, 6) is 0.728. The van der Waals surface area contributed by atoms with E-state index in [0.29, 0.717) is 12.4 Å². The summed E-state index contributed by atoms with van der Waals surface area (Å²) in [5, 5.41) is 1.06. The zero-order valence-corrected chi connectivity index (χ0v) is 10.1. The van der Waals surface area contributed by atoms with Crippen LogP contribution in [0.4, 0.5) is 5.82 Å². The lowest BCUT2D eigenvalue weighted by Crippen LogP contribution is -2.23. The van der Waals surface area contributed by atoms with Gasteiger partial charge in [0.25, 0.3) is 5.91 Å². The summed E-state index contributed by atoms with van der Waals surface area (Å²) in [6.45, 7) is 0.595. The molecule has 0 radical (unpaired) electrons. The van der Waals surface area contributed by atoms with Crippen LogP contribution in [0.15, 0.2) is 48.8 Å². The minimum absolute atomic E-state index is 0.0259. The summed E-state index contributed by atoms with van der Waals surface area (Å²) in [7, 11) is 0. The van der Waals surface area contributed by atoms with E-state index in [9.17, 15) is 4.79 Å². The number of aromatic nitrogens is 2. The highest BCUT2D eigenvalue weighted by molar-refractivity contribution is 6.09. The molecule has 92 valence electrons. The van der Waals surface area contributed by atoms with Crippen LogP contribution >= 0.6 is 0 Å². The minimum Gasteiger partial charge on any atom is -0.360 e. The molecule has 1 N–H and O–H groups in total. The lowest BCUT2D eigenvalue weighted by Gasteiger charge is -2.14. The number of fused-ring (bicyclic) bond motifs is 2. The van der Waals surface area contributed by atoms with Gasteiger partial charge in [-0.15, -0.1) is 0 Å². The predicted octanol–water partition coefficient (Wildman–Crippen LogP) is 2.72. The van der Waals surface area contributed by atoms with Crippen molar-refractivity contribution < 1.29 is 4.79 Å². The summed E-state index contributed by atoms with van der Waals surface area (Å²) in [6, 6.07) is 11.6. The molecule has 4 nitrogen and oxygen atoms in total. The maximum atomic E-state index is 12.3. The molecule has 0 bridgehead atoms. The van der Waals surface area contributed by atoms with Crippen molar-refractivity contribution in [3.05, 3.63) is 59.9 Å². The first-order valence-corrected chi connectivity index (χ1v) is 6.16. The van der Waals surface area contributed by atoms with Crippen LogP contribution in [0.3, 0.4) is 0 Å². The van der Waals surface area contributed by atoms with Gasteiger partial charge < -0.3 is 4.98 Å². The van der Waals surface area contributed by atoms with E-state index in [1.807, 2.05) is 42.6 Å². The maximum Gasteiger partial charge on any atom is 0.260 e. The van der Waals surface area contributed by atoms with Gasteiger partial charge in [0.15, 0.2) is 0 Å². The van der Waals surface area contributed by atoms with Crippen molar-refractivity contribution in [1.29, 1.82) is 0 Å². The number of benzene rings is 1. The standard InChI is InChI=1S/C15H11N3O/c19-15-12-4-2-1-3-11(12)9-18(15)14-7-10-5-6-16-13(10)8-17-14/h1-8,16H,9H2. The summed E-state index contributed by atoms with van der Waals surface area (Å²) in [5.41, 5.74) is 2.81. The number of carbonyl (C=O) groups is 1. The van der Waals surface area contributed by atoms with E-state index in [4.69, 9.17) is 0 Å². The second-order valence-corrected chi connectivity index (χ2v) is 4.66. The van der Waals surface area contributed by atoms with E-state index < -0.39 is 0 Å². The van der Waals surface area contributed by atoms with Crippen LogP contribution in [0, 0.1) is 0 Å². The summed E-state index contributed by atoms with van der Waals surface area (Å²) in [4.78, 5) is 21.5. The first-order chi connectivity index (χ1) is 9.33. The monoisotopic (exact) mass is 249 g/mol. The minimum atomic E-state index is 0.0259. The number of amides is 1. The van der Waals surface area contributed by atoms with Gasteiger partial charge in [-0.05, 0) is 23.8 Å². The Morgan fingerprint density at radius 1 is 1.21 bits per heavy atom. The van der Waals surface area contributed by atoms with Crippen LogP contribution in [0.2, 0.25) is 0 Å². The predicted molar refractivity (Wildman–Crippen MR) is 73.0 cm³/mol. The molecule has 0 saturated heterocycles. The molecule has 1 aliphatic rings. The second kappa shape index (κ2) is 3.68. The van der Waals surface area contributed by atoms with Gasteiger partial charge in [0.2, 0.25) is 0 Å². The average molecular weight is 249 g/mol. The van der Waals surface area contributed by atoms with Crippen molar-refractivity contribution in [3.63, 3.8) is 0 Å². The van der Waals surface area contributed by atoms with Crippen molar-refractivity contribution in [2.75, 3.05) is 4.90 Å². The Hall–Kier alpha value is -2.62. The van der Waals surface area contributed by atoms with Crippen LogP contribution in [0.5, 0.6) is 0 Å². The molecule has 1 amide bonds. The van der Waals surface area contributed by atoms with Crippen LogP contribution in [0.25, 0.3) is 10.9 Å². The van der Waals surface area contributed by atoms with Gasteiger partial charge in [0, 0.05) is 17.1 Å². The van der Waals surface area contributed by atoms with Gasteiger partial charge in [-0.25, -0.2) is 4.98 Å². The third-order valence-electron chi connectivity index (χ3n) is 3.52. The van der Waals surface area contributed by atoms with Gasteiger partial charge in [-0.1, -0.05) is 18.2 Å². The Kier molecular flexibility index (Phi) is 2.00. The van der Waals surface area contributed by atoms with Crippen LogP contribution < -0.4 is 4.90 Å². The summed E-state index contributed by atoms with van der Waals surface area (Å²) < 4.78 is 0. The topological polar surface area (TPSA) is 49.0 Å². The molecule has 4 heteroatoms. The van der Waals surface area contributed by atoms with Gasteiger partial charge in [0.1, 0.15) is 5.82 Å². The van der Waals surface area contributed by atoms with Crippen molar-refractivity contribution in [3.8, 4) is 0 Å². The third kappa shape index (κ3) is 1.46. The highest BCUT2D eigenvalue weighted by Gasteiger charge is 2.28. The van der Waals surface area contributed by atoms with Crippen molar-refractivity contribution >= 4 is 22.6 Å². The van der Waals surface area contributed by atoms with Crippen molar-refractivity contribution in [1.82, 2.24) is 9.97 Å². The SMILES string of the molecule is O=C1c2ccccc2CN1c1cc2cc[nH]c2cn1. The summed E-state index contributed by atoms with van der Waals surface area (Å²) in [6.07, 6.45) is 3.64. The van der Waals surface area contributed by atoms with E-state index >= 15 is 0 Å². The Bertz CT molecular complexity index is 791. The average Bonchev–Trinajstić information content (AvgIpc) is 3.03. The van der Waals surface area contributed by atoms with Gasteiger partial charge >= 0.3 is 0 Å². The number of pyridine rings is 1. The highest BCUT2D eigenvalue weighted by Crippen LogP contribution is 2.28. The molecule has 0 aliphatic carbocycles. The fourth-order valence-corrected chi connectivity index (χ4v) is 2.53. The van der Waals surface area contributed by atoms with Crippen LogP contribution in [-0.2, 0) is 6.54 Å². The number of rotatable bonds is 1. The number of anilines is 1. The lowest BCUT2D eigenvalue weighted by atomic mass is 10.1. The van der Waals surface area contributed by atoms with Crippen LogP contribution in [-0.4, -0.2) is 15.9 Å². The van der Waals surface area contributed by atoms with E-state index in [2.05, 4.69) is 9.97 Å². The normalized spacial score (nSPS) is 14.1. The fraction of sp³-hybridized carbons (Fsp3) is 0.0667. The van der Waals surface area contributed by atoms with Gasteiger partial charge in [-0.3, -0.25) is 9.69 Å². The van der Waals surface area contributed by atoms with Gasteiger partial charge in [-0.2, -0.15) is 0 Å². The highest BCUT2D eigenvalue weighted by atomic mass is 16.2. The Morgan fingerprint density at radius 2 is 2.11 bits per heavy atom. The molecule has 0 atom stereocenters. The molecule has 0 spiro atoms. The molecule has 0 fully saturated rings. The molecule has 1 aliphatic heterocycles. The largest absolute Gasteiger partial charge is 0.360 e. The smallest absolute Gasteiger partial charge is 0.260 e. The quantitative estimate of drug-likeness (QED) is 0.720. The number of nitrogens with zero attached hydrogens (tertiary/aromatic N) is 2. The molecule has 1 aromatic carbocycles. The molecule has 0 saturated carbocycles. The molecular weight excluding hydrogens is 238 g/mol. The number of hydrogen-bond donors (Lipinski definition) is 1. The third-order valence-corrected chi connectivity index (χ3v) is 3.52. The number of H-pyrrole nitrogens is 1. The fourth-order valence-electron chi connectivity index (χ4n) is 2.53. The summed E-state index contributed by atoms with van der Waals surface area (Å²) >= 11 is 0. The number of nitrogens with one attached hydrogen (secondary N) is 1. The Morgan fingerprint density at radius 3 is 3.00 bits per heavy atom. The van der Waals surface area contributed by atoms with E-state index in [1.165, 1.54) is 0 Å². The first-order valence-electron chi connectivity index (χ1n) is 6.16. The molecular formula is C15H11N3O. The van der Waals surface area contributed by atoms with Gasteiger partial charge in [0.05, 0.1) is 18.3 Å². The molecule has 4 rings (SSSR count). The Labute approximate surface area is 109 Å². The van der Waals surface area contributed by atoms with Crippen LogP contribution in [0.1, 0.15) is 15.9 Å². The van der Waals surface area contributed by atoms with E-state index in [-0.39, 0.29) is 5.91 Å². The molecule has 3 heterocycles. The van der Waals surface area contributed by atoms with E-state index in [1.54, 1.807) is 11.1 Å². The first kappa shape index (κ1) is 10.3. The number of aromatic amines is 1. The maximum absolute atomic E-state index is 12.3. The Balaban J connectivity index is 1.80. The number of carbonyl (C=O) groups excluding carboxylic acids is 1. The molecule has 19 heavy (non-hydrogen) atoms.